The first-order chi connectivity index (χ1) is 17.8. The van der Waals surface area contributed by atoms with Crippen LogP contribution in [0, 0.1) is 5.82 Å². The number of nitrogens with one attached hydrogen (secondary N) is 1. The molecule has 2 aliphatic rings. The molecule has 192 valence electrons. The second-order valence-electron chi connectivity index (χ2n) is 9.45. The first-order valence-electron chi connectivity index (χ1n) is 11.7. The third kappa shape index (κ3) is 3.68. The minimum Gasteiger partial charge on any atom is -0.497 e. The van der Waals surface area contributed by atoms with Gasteiger partial charge in [-0.25, -0.2) is 12.8 Å². The number of halogens is 1. The van der Waals surface area contributed by atoms with E-state index < -0.39 is 33.2 Å². The molecular formula is C26H24FN3O5S2. The summed E-state index contributed by atoms with van der Waals surface area (Å²) in [5.74, 6) is -0.323. The molecule has 1 saturated heterocycles. The number of methoxy groups -OCH3 is 1. The first kappa shape index (κ1) is 24.1. The van der Waals surface area contributed by atoms with Crippen molar-refractivity contribution >= 4 is 38.2 Å². The zero-order valence-corrected chi connectivity index (χ0v) is 21.5. The van der Waals surface area contributed by atoms with Crippen LogP contribution in [0.1, 0.15) is 27.7 Å². The Labute approximate surface area is 216 Å². The Morgan fingerprint density at radius 3 is 2.68 bits per heavy atom. The van der Waals surface area contributed by atoms with Crippen LogP contribution in [0.2, 0.25) is 0 Å². The zero-order valence-electron chi connectivity index (χ0n) is 19.8. The molecule has 0 bridgehead atoms. The maximum absolute atomic E-state index is 14.0. The summed E-state index contributed by atoms with van der Waals surface area (Å²) in [6.07, 6.45) is 0. The van der Waals surface area contributed by atoms with Crippen molar-refractivity contribution in [3.8, 4) is 5.75 Å². The molecule has 0 aliphatic carbocycles. The molecule has 8 nitrogen and oxygen atoms in total. The van der Waals surface area contributed by atoms with Crippen LogP contribution in [0.5, 0.6) is 5.75 Å². The van der Waals surface area contributed by atoms with Gasteiger partial charge in [-0.2, -0.15) is 4.31 Å². The molecule has 2 aromatic carbocycles. The van der Waals surface area contributed by atoms with Crippen LogP contribution in [0.4, 0.5) is 4.39 Å². The van der Waals surface area contributed by atoms with Gasteiger partial charge in [0.1, 0.15) is 15.8 Å². The van der Waals surface area contributed by atoms with Crippen LogP contribution in [0.3, 0.4) is 0 Å². The largest absolute Gasteiger partial charge is 0.497 e. The number of H-pyrrole nitrogens is 1. The van der Waals surface area contributed by atoms with Gasteiger partial charge in [0, 0.05) is 53.3 Å². The van der Waals surface area contributed by atoms with Crippen molar-refractivity contribution in [2.75, 3.05) is 33.4 Å². The Bertz CT molecular complexity index is 1610. The monoisotopic (exact) mass is 541 g/mol. The number of fused-ring (bicyclic) bond motifs is 4. The van der Waals surface area contributed by atoms with E-state index in [1.165, 1.54) is 33.5 Å². The van der Waals surface area contributed by atoms with Crippen molar-refractivity contribution in [2.24, 2.45) is 0 Å². The number of carbonyl (C=O) groups is 1. The molecule has 0 saturated carbocycles. The number of hydrogen-bond acceptors (Lipinski definition) is 6. The van der Waals surface area contributed by atoms with E-state index in [1.807, 2.05) is 18.2 Å². The fourth-order valence-electron chi connectivity index (χ4n) is 5.60. The maximum Gasteiger partial charge on any atom is 0.254 e. The maximum atomic E-state index is 14.0. The van der Waals surface area contributed by atoms with E-state index in [0.29, 0.717) is 11.4 Å². The highest BCUT2D eigenvalue weighted by atomic mass is 32.2. The summed E-state index contributed by atoms with van der Waals surface area (Å²) in [6.45, 7) is 0.163. The number of sulfonamides is 1. The van der Waals surface area contributed by atoms with Crippen LogP contribution in [0.25, 0.3) is 10.9 Å². The summed E-state index contributed by atoms with van der Waals surface area (Å²) in [6, 6.07) is 13.6. The Hall–Kier alpha value is -3.25. The predicted molar refractivity (Wildman–Crippen MR) is 137 cm³/mol. The third-order valence-electron chi connectivity index (χ3n) is 7.30. The molecule has 1 spiro atoms. The van der Waals surface area contributed by atoms with Gasteiger partial charge >= 0.3 is 0 Å². The highest BCUT2D eigenvalue weighted by molar-refractivity contribution is 7.91. The van der Waals surface area contributed by atoms with E-state index in [1.54, 1.807) is 24.6 Å². The number of benzene rings is 2. The second-order valence-corrected chi connectivity index (χ2v) is 12.6. The normalized spacial score (nSPS) is 19.1. The van der Waals surface area contributed by atoms with Crippen LogP contribution in [0.15, 0.2) is 64.2 Å². The minimum absolute atomic E-state index is 0.164. The molecule has 1 atom stereocenters. The smallest absolute Gasteiger partial charge is 0.254 e. The number of ether oxygens (including phenoxy) is 1. The topological polar surface area (TPSA) is 103 Å². The fourth-order valence-corrected chi connectivity index (χ4v) is 8.36. The van der Waals surface area contributed by atoms with E-state index in [4.69, 9.17) is 4.74 Å². The summed E-state index contributed by atoms with van der Waals surface area (Å²) in [5, 5.41) is 13.0. The van der Waals surface area contributed by atoms with Crippen molar-refractivity contribution in [1.29, 1.82) is 0 Å². The van der Waals surface area contributed by atoms with Crippen molar-refractivity contribution in [3.63, 3.8) is 0 Å². The van der Waals surface area contributed by atoms with Gasteiger partial charge in [0.25, 0.3) is 15.9 Å². The van der Waals surface area contributed by atoms with Crippen LogP contribution in [-0.2, 0) is 15.4 Å². The van der Waals surface area contributed by atoms with Gasteiger partial charge in [0.15, 0.2) is 0 Å². The molecule has 2 aliphatic heterocycles. The Morgan fingerprint density at radius 2 is 2.00 bits per heavy atom. The number of thiophene rings is 1. The summed E-state index contributed by atoms with van der Waals surface area (Å²) >= 11 is 1.16. The van der Waals surface area contributed by atoms with Crippen LogP contribution >= 0.6 is 11.3 Å². The summed E-state index contributed by atoms with van der Waals surface area (Å²) in [7, 11) is -2.11. The quantitative estimate of drug-likeness (QED) is 0.403. The summed E-state index contributed by atoms with van der Waals surface area (Å²) in [4.78, 5) is 18.5. The van der Waals surface area contributed by atoms with Gasteiger partial charge in [0.2, 0.25) is 0 Å². The molecule has 6 rings (SSSR count). The highest BCUT2D eigenvalue weighted by Crippen LogP contribution is 2.50. The number of aliphatic hydroxyl groups is 1. The number of nitrogens with zero attached hydrogens (tertiary/aromatic N) is 2. The first-order valence-corrected chi connectivity index (χ1v) is 14.0. The number of carbonyl (C=O) groups excluding carboxylic acids is 1. The average molecular weight is 542 g/mol. The Morgan fingerprint density at radius 1 is 1.19 bits per heavy atom. The number of amides is 1. The summed E-state index contributed by atoms with van der Waals surface area (Å²) in [5.41, 5.74) is 1.76. The number of hydrogen-bond donors (Lipinski definition) is 2. The molecule has 2 N–H and O–H groups in total. The Balaban J connectivity index is 1.47. The summed E-state index contributed by atoms with van der Waals surface area (Å²) < 4.78 is 47.5. The molecule has 4 heterocycles. The van der Waals surface area contributed by atoms with Gasteiger partial charge in [-0.1, -0.05) is 12.1 Å². The van der Waals surface area contributed by atoms with Gasteiger partial charge in [-0.3, -0.25) is 4.79 Å². The van der Waals surface area contributed by atoms with Crippen LogP contribution < -0.4 is 4.74 Å². The standard InChI is InChI=1S/C26H24FN3O5S2/c1-35-18-7-8-19-20(11-18)28-24-21(12-31)30(25(32)16-4-2-5-17(27)10-16)15-26(23(19)24)13-29(14-26)37(33,34)22-6-3-9-36-22/h2-11,21,28,31H,12-15H2,1H3/t21-/m0/s1. The molecule has 1 amide bonds. The molecule has 0 unspecified atom stereocenters. The van der Waals surface area contributed by atoms with E-state index >= 15 is 0 Å². The van der Waals surface area contributed by atoms with E-state index in [9.17, 15) is 22.7 Å². The highest BCUT2D eigenvalue weighted by Gasteiger charge is 2.56. The molecular weight excluding hydrogens is 517 g/mol. The van der Waals surface area contributed by atoms with Crippen molar-refractivity contribution < 1.29 is 27.4 Å². The van der Waals surface area contributed by atoms with Gasteiger partial charge in [-0.05, 0) is 47.3 Å². The average Bonchev–Trinajstić information content (AvgIpc) is 3.54. The second kappa shape index (κ2) is 8.66. The lowest BCUT2D eigenvalue weighted by molar-refractivity contribution is 0.0247. The third-order valence-corrected chi connectivity index (χ3v) is 10.5. The minimum atomic E-state index is -3.68. The molecule has 11 heteroatoms. The van der Waals surface area contributed by atoms with E-state index in [2.05, 4.69) is 4.98 Å². The predicted octanol–water partition coefficient (Wildman–Crippen LogP) is 3.51. The Kier molecular flexibility index (Phi) is 5.64. The molecule has 4 aromatic rings. The fraction of sp³-hybridized carbons (Fsp3) is 0.269. The van der Waals surface area contributed by atoms with Gasteiger partial charge in [0.05, 0.1) is 19.8 Å². The van der Waals surface area contributed by atoms with E-state index in [-0.39, 0.29) is 36.0 Å². The van der Waals surface area contributed by atoms with Gasteiger partial charge in [-0.15, -0.1) is 11.3 Å². The number of aromatic amines is 1. The number of aromatic nitrogens is 1. The zero-order chi connectivity index (χ0) is 25.9. The lowest BCUT2D eigenvalue weighted by atomic mass is 9.70. The molecule has 37 heavy (non-hydrogen) atoms. The number of rotatable bonds is 5. The molecule has 0 radical (unpaired) electrons. The van der Waals surface area contributed by atoms with Crippen LogP contribution in [-0.4, -0.2) is 67.0 Å². The van der Waals surface area contributed by atoms with E-state index in [0.717, 1.165) is 27.8 Å². The molecule has 2 aromatic heterocycles. The SMILES string of the molecule is COc1ccc2c3c([nH]c2c1)[C@H](CO)N(C(=O)c1cccc(F)c1)CC31CN(S(=O)(=O)c2cccs2)C1. The lowest BCUT2D eigenvalue weighted by Gasteiger charge is -2.55. The van der Waals surface area contributed by atoms with Gasteiger partial charge < -0.3 is 19.7 Å². The van der Waals surface area contributed by atoms with Crippen molar-refractivity contribution in [2.45, 2.75) is 15.7 Å². The van der Waals surface area contributed by atoms with Crippen molar-refractivity contribution in [3.05, 3.63) is 82.6 Å². The number of aliphatic hydroxyl groups excluding tert-OH is 1. The van der Waals surface area contributed by atoms with Crippen molar-refractivity contribution in [1.82, 2.24) is 14.2 Å². The lowest BCUT2D eigenvalue weighted by Crippen LogP contribution is -2.67. The molecule has 1 fully saturated rings.